The Morgan fingerprint density at radius 3 is 2.35 bits per heavy atom. The van der Waals surface area contributed by atoms with E-state index in [0.29, 0.717) is 10.8 Å². The van der Waals surface area contributed by atoms with Crippen LogP contribution in [-0.2, 0) is 21.2 Å². The van der Waals surface area contributed by atoms with Crippen LogP contribution >= 0.6 is 11.6 Å². The molecule has 34 heavy (non-hydrogen) atoms. The van der Waals surface area contributed by atoms with Crippen LogP contribution in [-0.4, -0.2) is 38.4 Å². The van der Waals surface area contributed by atoms with Gasteiger partial charge in [-0.2, -0.15) is 0 Å². The van der Waals surface area contributed by atoms with E-state index in [-0.39, 0.29) is 28.3 Å². The standard InChI is InChI=1S/C24H19ClN2O6S/c1-33-17-7-9-18(10-8-17)34(31,32)22-21(28)19-11-4-15(12-20(19)27-24(22)30)23(29)26-13-14-2-5-16(25)6-3-14/h2-12,22H,13H2,1H3,(H,26,29)(H,27,30). The van der Waals surface area contributed by atoms with E-state index in [9.17, 15) is 22.8 Å². The van der Waals surface area contributed by atoms with Crippen molar-refractivity contribution in [3.63, 3.8) is 0 Å². The second-order valence-corrected chi connectivity index (χ2v) is 9.99. The highest BCUT2D eigenvalue weighted by atomic mass is 35.5. The third-order valence-electron chi connectivity index (χ3n) is 5.35. The van der Waals surface area contributed by atoms with E-state index >= 15 is 0 Å². The molecule has 3 aromatic rings. The van der Waals surface area contributed by atoms with Crippen molar-refractivity contribution in [1.82, 2.24) is 5.32 Å². The first-order chi connectivity index (χ1) is 16.2. The number of hydrogen-bond acceptors (Lipinski definition) is 6. The number of Topliss-reactive ketones (excluding diaryl/α,β-unsaturated/α-hetero) is 1. The van der Waals surface area contributed by atoms with Crippen LogP contribution in [0, 0.1) is 0 Å². The van der Waals surface area contributed by atoms with Gasteiger partial charge >= 0.3 is 0 Å². The predicted molar refractivity (Wildman–Crippen MR) is 126 cm³/mol. The van der Waals surface area contributed by atoms with Crippen molar-refractivity contribution >= 4 is 44.7 Å². The fourth-order valence-electron chi connectivity index (χ4n) is 3.53. The van der Waals surface area contributed by atoms with Crippen LogP contribution in [0.5, 0.6) is 5.75 Å². The zero-order valence-electron chi connectivity index (χ0n) is 17.9. The molecule has 8 nitrogen and oxygen atoms in total. The number of carbonyl (C=O) groups is 3. The Labute approximate surface area is 200 Å². The maximum atomic E-state index is 13.0. The largest absolute Gasteiger partial charge is 0.497 e. The summed E-state index contributed by atoms with van der Waals surface area (Å²) in [4.78, 5) is 38.1. The number of fused-ring (bicyclic) bond motifs is 1. The van der Waals surface area contributed by atoms with Gasteiger partial charge in [0.15, 0.2) is 15.6 Å². The fourth-order valence-corrected chi connectivity index (χ4v) is 5.20. The summed E-state index contributed by atoms with van der Waals surface area (Å²) in [5.74, 6) is -1.83. The number of ether oxygens (including phenoxy) is 1. The highest BCUT2D eigenvalue weighted by Gasteiger charge is 2.44. The van der Waals surface area contributed by atoms with Crippen molar-refractivity contribution in [3.05, 3.63) is 88.4 Å². The lowest BCUT2D eigenvalue weighted by molar-refractivity contribution is -0.115. The number of rotatable bonds is 6. The minimum absolute atomic E-state index is 0.0101. The maximum absolute atomic E-state index is 13.0. The summed E-state index contributed by atoms with van der Waals surface area (Å²) < 4.78 is 31.1. The van der Waals surface area contributed by atoms with Crippen LogP contribution in [0.4, 0.5) is 5.69 Å². The van der Waals surface area contributed by atoms with Gasteiger partial charge in [-0.15, -0.1) is 0 Å². The number of nitrogens with one attached hydrogen (secondary N) is 2. The van der Waals surface area contributed by atoms with Gasteiger partial charge in [0.2, 0.25) is 5.25 Å². The minimum atomic E-state index is -4.30. The van der Waals surface area contributed by atoms with Crippen LogP contribution in [0.1, 0.15) is 26.3 Å². The van der Waals surface area contributed by atoms with Crippen LogP contribution in [0.3, 0.4) is 0 Å². The lowest BCUT2D eigenvalue weighted by atomic mass is 9.99. The minimum Gasteiger partial charge on any atom is -0.497 e. The molecule has 0 saturated heterocycles. The van der Waals surface area contributed by atoms with E-state index in [1.54, 1.807) is 24.3 Å². The fraction of sp³-hybridized carbons (Fsp3) is 0.125. The van der Waals surface area contributed by atoms with Gasteiger partial charge in [0, 0.05) is 22.7 Å². The summed E-state index contributed by atoms with van der Waals surface area (Å²) in [6, 6.07) is 16.5. The van der Waals surface area contributed by atoms with Gasteiger partial charge in [-0.05, 0) is 60.2 Å². The number of carbonyl (C=O) groups excluding carboxylic acids is 3. The Hall–Kier alpha value is -3.69. The van der Waals surface area contributed by atoms with E-state index in [4.69, 9.17) is 16.3 Å². The molecule has 174 valence electrons. The van der Waals surface area contributed by atoms with Gasteiger partial charge in [0.1, 0.15) is 5.75 Å². The van der Waals surface area contributed by atoms with Gasteiger partial charge in [0.05, 0.1) is 17.7 Å². The van der Waals surface area contributed by atoms with Crippen molar-refractivity contribution in [3.8, 4) is 5.75 Å². The van der Waals surface area contributed by atoms with Gasteiger partial charge in [-0.3, -0.25) is 14.4 Å². The number of sulfone groups is 1. The Morgan fingerprint density at radius 2 is 1.71 bits per heavy atom. The summed E-state index contributed by atoms with van der Waals surface area (Å²) in [6.07, 6.45) is 0. The van der Waals surface area contributed by atoms with Crippen LogP contribution in [0.15, 0.2) is 71.6 Å². The number of amides is 2. The summed E-state index contributed by atoms with van der Waals surface area (Å²) >= 11 is 5.85. The Kier molecular flexibility index (Phi) is 6.41. The molecule has 3 aromatic carbocycles. The van der Waals surface area contributed by atoms with E-state index in [1.165, 1.54) is 49.6 Å². The average molecular weight is 499 g/mol. The zero-order valence-corrected chi connectivity index (χ0v) is 19.4. The molecule has 1 aliphatic rings. The smallest absolute Gasteiger partial charge is 0.251 e. The maximum Gasteiger partial charge on any atom is 0.251 e. The molecular weight excluding hydrogens is 480 g/mol. The Bertz CT molecular complexity index is 1390. The van der Waals surface area contributed by atoms with Gasteiger partial charge < -0.3 is 15.4 Å². The van der Waals surface area contributed by atoms with Gasteiger partial charge in [-0.1, -0.05) is 23.7 Å². The topological polar surface area (TPSA) is 119 Å². The molecule has 0 bridgehead atoms. The number of halogens is 1. The molecule has 0 aliphatic carbocycles. The molecule has 0 aromatic heterocycles. The van der Waals surface area contributed by atoms with Crippen molar-refractivity contribution in [2.24, 2.45) is 0 Å². The quantitative estimate of drug-likeness (QED) is 0.503. The second kappa shape index (κ2) is 9.28. The first-order valence-corrected chi connectivity index (χ1v) is 12.0. The summed E-state index contributed by atoms with van der Waals surface area (Å²) in [5, 5.41) is 3.85. The van der Waals surface area contributed by atoms with Crippen molar-refractivity contribution in [1.29, 1.82) is 0 Å². The molecule has 1 atom stereocenters. The van der Waals surface area contributed by atoms with E-state index in [0.717, 1.165) is 5.56 Å². The normalized spacial score (nSPS) is 15.3. The highest BCUT2D eigenvalue weighted by Crippen LogP contribution is 2.30. The Morgan fingerprint density at radius 1 is 1.03 bits per heavy atom. The monoisotopic (exact) mass is 498 g/mol. The molecule has 1 heterocycles. The SMILES string of the molecule is COc1ccc(S(=O)(=O)C2C(=O)Nc3cc(C(=O)NCc4ccc(Cl)cc4)ccc3C2=O)cc1. The number of benzene rings is 3. The predicted octanol–water partition coefficient (Wildman–Crippen LogP) is 3.26. The number of methoxy groups -OCH3 is 1. The summed E-state index contributed by atoms with van der Waals surface area (Å²) in [5.41, 5.74) is 1.13. The molecule has 0 radical (unpaired) electrons. The molecule has 2 amide bonds. The second-order valence-electron chi connectivity index (χ2n) is 7.52. The number of ketones is 1. The molecule has 4 rings (SSSR count). The van der Waals surface area contributed by atoms with Gasteiger partial charge in [0.25, 0.3) is 11.8 Å². The van der Waals surface area contributed by atoms with Crippen LogP contribution in [0.2, 0.25) is 5.02 Å². The molecule has 0 spiro atoms. The average Bonchev–Trinajstić information content (AvgIpc) is 2.83. The van der Waals surface area contributed by atoms with E-state index in [1.807, 2.05) is 0 Å². The lowest BCUT2D eigenvalue weighted by Crippen LogP contribution is -2.45. The Balaban J connectivity index is 1.55. The number of hydrogen-bond donors (Lipinski definition) is 2. The highest BCUT2D eigenvalue weighted by molar-refractivity contribution is 7.93. The lowest BCUT2D eigenvalue weighted by Gasteiger charge is -2.24. The van der Waals surface area contributed by atoms with Crippen LogP contribution in [0.25, 0.3) is 0 Å². The molecule has 0 fully saturated rings. The number of anilines is 1. The van der Waals surface area contributed by atoms with E-state index in [2.05, 4.69) is 10.6 Å². The van der Waals surface area contributed by atoms with Crippen LogP contribution < -0.4 is 15.4 Å². The molecule has 0 saturated carbocycles. The molecule has 10 heteroatoms. The third kappa shape index (κ3) is 4.52. The molecule has 2 N–H and O–H groups in total. The first kappa shape index (κ1) is 23.5. The van der Waals surface area contributed by atoms with E-state index < -0.39 is 32.7 Å². The van der Waals surface area contributed by atoms with Crippen molar-refractivity contribution < 1.29 is 27.5 Å². The third-order valence-corrected chi connectivity index (χ3v) is 7.58. The molecule has 1 aliphatic heterocycles. The summed E-state index contributed by atoms with van der Waals surface area (Å²) in [6.45, 7) is 0.251. The van der Waals surface area contributed by atoms with Crippen molar-refractivity contribution in [2.45, 2.75) is 16.7 Å². The first-order valence-electron chi connectivity index (χ1n) is 10.1. The van der Waals surface area contributed by atoms with Crippen molar-refractivity contribution in [2.75, 3.05) is 12.4 Å². The zero-order chi connectivity index (χ0) is 24.5. The van der Waals surface area contributed by atoms with Gasteiger partial charge in [-0.25, -0.2) is 8.42 Å². The summed E-state index contributed by atoms with van der Waals surface area (Å²) in [7, 11) is -2.87. The molecule has 1 unspecified atom stereocenters. The molecular formula is C24H19ClN2O6S.